The maximum atomic E-state index is 14.1. The number of carbonyl (C=O) groups excluding carboxylic acids is 1. The number of hydrogen-bond donors (Lipinski definition) is 1. The number of alkyl halides is 3. The molecule has 0 saturated carbocycles. The van der Waals surface area contributed by atoms with E-state index in [1.807, 2.05) is 13.8 Å². The smallest absolute Gasteiger partial charge is 0.419 e. The highest BCUT2D eigenvalue weighted by molar-refractivity contribution is 6.29. The summed E-state index contributed by atoms with van der Waals surface area (Å²) in [6, 6.07) is 5.22. The molecule has 1 amide bonds. The van der Waals surface area contributed by atoms with Gasteiger partial charge in [0.25, 0.3) is 0 Å². The Morgan fingerprint density at radius 1 is 1.17 bits per heavy atom. The molecule has 7 nitrogen and oxygen atoms in total. The quantitative estimate of drug-likeness (QED) is 0.367. The number of nitrogens with one attached hydrogen (secondary N) is 1. The van der Waals surface area contributed by atoms with Crippen molar-refractivity contribution in [2.45, 2.75) is 65.3 Å². The number of aromatic nitrogens is 3. The molecule has 2 heterocycles. The molecule has 0 spiro atoms. The molecule has 0 aliphatic carbocycles. The van der Waals surface area contributed by atoms with Crippen molar-refractivity contribution >= 4 is 23.3 Å². The van der Waals surface area contributed by atoms with E-state index in [1.54, 1.807) is 33.9 Å². The second-order valence-electron chi connectivity index (χ2n) is 10.4. The van der Waals surface area contributed by atoms with E-state index < -0.39 is 29.0 Å². The molecule has 3 aromatic rings. The van der Waals surface area contributed by atoms with Crippen LogP contribution in [0.15, 0.2) is 36.7 Å². The van der Waals surface area contributed by atoms with Crippen LogP contribution in [0.2, 0.25) is 5.15 Å². The number of halogens is 4. The SMILES string of the molecule is CC(C)C[C@@](C)(COc1ccc(-c2cc(Cl)nn3ccnc23)cc1C(F)(F)F)NC(=O)OC(C)(C)C. The number of rotatable bonds is 7. The lowest BCUT2D eigenvalue weighted by Gasteiger charge is -2.33. The van der Waals surface area contributed by atoms with Gasteiger partial charge >= 0.3 is 12.3 Å². The Labute approximate surface area is 212 Å². The predicted octanol–water partition coefficient (Wildman–Crippen LogP) is 6.78. The number of benzene rings is 1. The van der Waals surface area contributed by atoms with Gasteiger partial charge in [0.1, 0.15) is 18.0 Å². The van der Waals surface area contributed by atoms with Crippen molar-refractivity contribution in [1.82, 2.24) is 19.9 Å². The van der Waals surface area contributed by atoms with E-state index in [0.29, 0.717) is 17.6 Å². The normalized spacial score (nSPS) is 14.1. The van der Waals surface area contributed by atoms with Gasteiger partial charge < -0.3 is 14.8 Å². The highest BCUT2D eigenvalue weighted by Gasteiger charge is 2.37. The summed E-state index contributed by atoms with van der Waals surface area (Å²) in [6.07, 6.45) is -1.86. The van der Waals surface area contributed by atoms with Gasteiger partial charge in [-0.1, -0.05) is 31.5 Å². The zero-order valence-corrected chi connectivity index (χ0v) is 21.8. The number of carbonyl (C=O) groups is 1. The van der Waals surface area contributed by atoms with Gasteiger partial charge in [0.2, 0.25) is 0 Å². The van der Waals surface area contributed by atoms with Crippen molar-refractivity contribution in [2.24, 2.45) is 5.92 Å². The molecule has 0 saturated heterocycles. The monoisotopic (exact) mass is 526 g/mol. The maximum Gasteiger partial charge on any atom is 0.419 e. The molecule has 0 unspecified atom stereocenters. The molecular formula is C25H30ClF3N4O3. The third-order valence-electron chi connectivity index (χ3n) is 5.13. The van der Waals surface area contributed by atoms with Crippen LogP contribution in [0.4, 0.5) is 18.0 Å². The highest BCUT2D eigenvalue weighted by atomic mass is 35.5. The maximum absolute atomic E-state index is 14.1. The lowest BCUT2D eigenvalue weighted by Crippen LogP contribution is -2.52. The lowest BCUT2D eigenvalue weighted by atomic mass is 9.91. The number of ether oxygens (including phenoxy) is 2. The van der Waals surface area contributed by atoms with Crippen molar-refractivity contribution in [1.29, 1.82) is 0 Å². The van der Waals surface area contributed by atoms with Crippen LogP contribution in [0.3, 0.4) is 0 Å². The Morgan fingerprint density at radius 2 is 1.86 bits per heavy atom. The third kappa shape index (κ3) is 7.02. The Bertz CT molecular complexity index is 1240. The van der Waals surface area contributed by atoms with Gasteiger partial charge in [0, 0.05) is 18.0 Å². The van der Waals surface area contributed by atoms with Crippen molar-refractivity contribution in [3.05, 3.63) is 47.4 Å². The Kier molecular flexibility index (Phi) is 7.78. The molecule has 0 radical (unpaired) electrons. The zero-order valence-electron chi connectivity index (χ0n) is 21.0. The number of fused-ring (bicyclic) bond motifs is 1. The van der Waals surface area contributed by atoms with E-state index in [-0.39, 0.29) is 29.0 Å². The van der Waals surface area contributed by atoms with Crippen LogP contribution < -0.4 is 10.1 Å². The Morgan fingerprint density at radius 3 is 2.47 bits per heavy atom. The minimum Gasteiger partial charge on any atom is -0.491 e. The fourth-order valence-corrected chi connectivity index (χ4v) is 4.17. The highest BCUT2D eigenvalue weighted by Crippen LogP contribution is 2.40. The second-order valence-corrected chi connectivity index (χ2v) is 10.7. The summed E-state index contributed by atoms with van der Waals surface area (Å²) in [7, 11) is 0. The van der Waals surface area contributed by atoms with Gasteiger partial charge in [-0.3, -0.25) is 0 Å². The first-order chi connectivity index (χ1) is 16.6. The Hall–Kier alpha value is -3.01. The van der Waals surface area contributed by atoms with E-state index in [0.717, 1.165) is 6.07 Å². The number of hydrogen-bond acceptors (Lipinski definition) is 5. The average molecular weight is 527 g/mol. The molecular weight excluding hydrogens is 497 g/mol. The second kappa shape index (κ2) is 10.2. The van der Waals surface area contributed by atoms with Crippen molar-refractivity contribution in [3.8, 4) is 16.9 Å². The summed E-state index contributed by atoms with van der Waals surface area (Å²) in [5.41, 5.74) is -1.63. The largest absolute Gasteiger partial charge is 0.491 e. The summed E-state index contributed by atoms with van der Waals surface area (Å²) < 4.78 is 54.7. The topological polar surface area (TPSA) is 77.8 Å². The van der Waals surface area contributed by atoms with Crippen LogP contribution in [-0.4, -0.2) is 38.4 Å². The van der Waals surface area contributed by atoms with Crippen LogP contribution >= 0.6 is 11.6 Å². The molecule has 36 heavy (non-hydrogen) atoms. The minimum absolute atomic E-state index is 0.113. The number of amides is 1. The molecule has 196 valence electrons. The molecule has 1 aromatic carbocycles. The standard InChI is InChI=1S/C25H30ClF3N4O3/c1-15(2)13-24(6,31-22(34)36-23(3,4)5)14-35-19-8-7-16(11-18(19)25(27,28)29)17-12-20(26)32-33-10-9-30-21(17)33/h7-12,15H,13-14H2,1-6H3,(H,31,34)/t24-/m0/s1. The summed E-state index contributed by atoms with van der Waals surface area (Å²) in [5.74, 6) is -0.224. The first-order valence-electron chi connectivity index (χ1n) is 11.4. The van der Waals surface area contributed by atoms with E-state index in [1.165, 1.54) is 28.9 Å². The van der Waals surface area contributed by atoms with Gasteiger partial charge in [-0.2, -0.15) is 18.3 Å². The molecule has 0 aliphatic heterocycles. The average Bonchev–Trinajstić information content (AvgIpc) is 3.17. The van der Waals surface area contributed by atoms with Gasteiger partial charge in [0.15, 0.2) is 10.8 Å². The number of nitrogens with zero attached hydrogens (tertiary/aromatic N) is 3. The first-order valence-corrected chi connectivity index (χ1v) is 11.8. The fraction of sp³-hybridized carbons (Fsp3) is 0.480. The van der Waals surface area contributed by atoms with E-state index in [4.69, 9.17) is 21.1 Å². The number of alkyl carbamates (subject to hydrolysis) is 1. The van der Waals surface area contributed by atoms with Crippen LogP contribution in [0, 0.1) is 5.92 Å². The van der Waals surface area contributed by atoms with E-state index >= 15 is 0 Å². The summed E-state index contributed by atoms with van der Waals surface area (Å²) in [4.78, 5) is 16.6. The fourth-order valence-electron chi connectivity index (χ4n) is 3.98. The molecule has 0 bridgehead atoms. The summed E-state index contributed by atoms with van der Waals surface area (Å²) in [5, 5.41) is 6.95. The molecule has 2 aromatic heterocycles. The van der Waals surface area contributed by atoms with Crippen molar-refractivity contribution in [2.75, 3.05) is 6.61 Å². The Balaban J connectivity index is 1.93. The molecule has 1 N–H and O–H groups in total. The van der Waals surface area contributed by atoms with Crippen LogP contribution in [0.1, 0.15) is 53.5 Å². The summed E-state index contributed by atoms with van der Waals surface area (Å²) in [6.45, 7) is 10.6. The minimum atomic E-state index is -4.69. The molecule has 3 rings (SSSR count). The third-order valence-corrected chi connectivity index (χ3v) is 5.32. The van der Waals surface area contributed by atoms with Crippen LogP contribution in [0.25, 0.3) is 16.8 Å². The van der Waals surface area contributed by atoms with Crippen LogP contribution in [0.5, 0.6) is 5.75 Å². The lowest BCUT2D eigenvalue weighted by molar-refractivity contribution is -0.139. The van der Waals surface area contributed by atoms with Crippen molar-refractivity contribution in [3.63, 3.8) is 0 Å². The van der Waals surface area contributed by atoms with Gasteiger partial charge in [-0.05, 0) is 63.8 Å². The predicted molar refractivity (Wildman–Crippen MR) is 131 cm³/mol. The molecule has 0 aliphatic rings. The van der Waals surface area contributed by atoms with Gasteiger partial charge in [0.05, 0.1) is 11.1 Å². The first kappa shape index (κ1) is 27.6. The molecule has 11 heteroatoms. The zero-order chi connectivity index (χ0) is 26.9. The van der Waals surface area contributed by atoms with E-state index in [2.05, 4.69) is 15.4 Å². The van der Waals surface area contributed by atoms with E-state index in [9.17, 15) is 18.0 Å². The molecule has 0 fully saturated rings. The number of imidazole rings is 1. The molecule has 1 atom stereocenters. The van der Waals surface area contributed by atoms with Crippen LogP contribution in [-0.2, 0) is 10.9 Å². The van der Waals surface area contributed by atoms with Crippen molar-refractivity contribution < 1.29 is 27.4 Å². The van der Waals surface area contributed by atoms with Gasteiger partial charge in [-0.25, -0.2) is 14.3 Å². The summed E-state index contributed by atoms with van der Waals surface area (Å²) >= 11 is 6.06. The van der Waals surface area contributed by atoms with Gasteiger partial charge in [-0.15, -0.1) is 0 Å².